The third-order valence-electron chi connectivity index (χ3n) is 2.48. The number of nitrogens with zero attached hydrogens (tertiary/aromatic N) is 2. The van der Waals surface area contributed by atoms with E-state index in [2.05, 4.69) is 15.5 Å². The zero-order valence-electron chi connectivity index (χ0n) is 10.1. The number of hydrogen-bond acceptors (Lipinski definition) is 3. The quantitative estimate of drug-likeness (QED) is 0.659. The summed E-state index contributed by atoms with van der Waals surface area (Å²) in [5.74, 6) is 0.442. The largest absolute Gasteiger partial charge is 0.261 e. The molecule has 0 aliphatic heterocycles. The van der Waals surface area contributed by atoms with E-state index in [9.17, 15) is 4.39 Å². The molecular weight excluding hydrogens is 229 g/mol. The fourth-order valence-electron chi connectivity index (χ4n) is 1.54. The molecule has 0 atom stereocenters. The second kappa shape index (κ2) is 5.91. The van der Waals surface area contributed by atoms with Crippen molar-refractivity contribution in [3.63, 3.8) is 0 Å². The smallest absolute Gasteiger partial charge is 0.146 e. The third-order valence-corrected chi connectivity index (χ3v) is 2.48. The van der Waals surface area contributed by atoms with Crippen molar-refractivity contribution < 1.29 is 4.39 Å². The highest BCUT2D eigenvalue weighted by atomic mass is 19.1. The minimum absolute atomic E-state index is 0.244. The summed E-state index contributed by atoms with van der Waals surface area (Å²) in [4.78, 5) is 4.11. The molecular formula is C14H14FN3. The number of hydrogen-bond donors (Lipinski definition) is 1. The number of benzene rings is 1. The van der Waals surface area contributed by atoms with E-state index in [1.807, 2.05) is 25.1 Å². The summed E-state index contributed by atoms with van der Waals surface area (Å²) >= 11 is 0. The molecule has 0 fully saturated rings. The topological polar surface area (TPSA) is 37.3 Å². The molecule has 0 amide bonds. The summed E-state index contributed by atoms with van der Waals surface area (Å²) in [6, 6.07) is 11.9. The van der Waals surface area contributed by atoms with Crippen molar-refractivity contribution in [3.8, 4) is 0 Å². The van der Waals surface area contributed by atoms with Gasteiger partial charge in [-0.25, -0.2) is 9.37 Å². The predicted molar refractivity (Wildman–Crippen MR) is 71.1 cm³/mol. The lowest BCUT2D eigenvalue weighted by molar-refractivity contribution is 0.627. The van der Waals surface area contributed by atoms with Gasteiger partial charge in [-0.2, -0.15) is 5.10 Å². The summed E-state index contributed by atoms with van der Waals surface area (Å²) in [6.45, 7) is 2.00. The average Bonchev–Trinajstić information content (AvgIpc) is 2.42. The van der Waals surface area contributed by atoms with Crippen LogP contribution in [-0.2, 0) is 0 Å². The van der Waals surface area contributed by atoms with Crippen LogP contribution in [0.2, 0.25) is 0 Å². The number of aromatic nitrogens is 1. The Morgan fingerprint density at radius 3 is 2.61 bits per heavy atom. The van der Waals surface area contributed by atoms with Crippen LogP contribution in [0.25, 0.3) is 0 Å². The molecule has 92 valence electrons. The number of hydrazone groups is 1. The van der Waals surface area contributed by atoms with Crippen molar-refractivity contribution in [1.82, 2.24) is 4.98 Å². The van der Waals surface area contributed by atoms with E-state index in [-0.39, 0.29) is 5.82 Å². The highest BCUT2D eigenvalue weighted by Gasteiger charge is 2.01. The Kier molecular flexibility index (Phi) is 4.02. The normalized spacial score (nSPS) is 11.3. The van der Waals surface area contributed by atoms with Crippen molar-refractivity contribution in [2.75, 3.05) is 5.43 Å². The molecule has 0 unspecified atom stereocenters. The van der Waals surface area contributed by atoms with Crippen LogP contribution in [0.15, 0.2) is 53.8 Å². The highest BCUT2D eigenvalue weighted by Crippen LogP contribution is 2.08. The minimum atomic E-state index is -0.244. The summed E-state index contributed by atoms with van der Waals surface area (Å²) in [6.07, 6.45) is 2.45. The SMILES string of the molecule is CC/C(=N/Nc1ccccn1)c1ccc(F)cc1. The van der Waals surface area contributed by atoms with Crippen molar-refractivity contribution in [1.29, 1.82) is 0 Å². The van der Waals surface area contributed by atoms with Crippen LogP contribution >= 0.6 is 0 Å². The van der Waals surface area contributed by atoms with Crippen molar-refractivity contribution >= 4 is 11.5 Å². The molecule has 2 rings (SSSR count). The zero-order valence-corrected chi connectivity index (χ0v) is 10.1. The molecule has 1 aromatic heterocycles. The lowest BCUT2D eigenvalue weighted by atomic mass is 10.1. The monoisotopic (exact) mass is 243 g/mol. The molecule has 1 heterocycles. The van der Waals surface area contributed by atoms with Gasteiger partial charge in [0.05, 0.1) is 5.71 Å². The van der Waals surface area contributed by atoms with Gasteiger partial charge >= 0.3 is 0 Å². The van der Waals surface area contributed by atoms with E-state index in [1.54, 1.807) is 18.3 Å². The maximum Gasteiger partial charge on any atom is 0.146 e. The van der Waals surface area contributed by atoms with Gasteiger partial charge in [0, 0.05) is 6.20 Å². The maximum absolute atomic E-state index is 12.8. The molecule has 0 aliphatic carbocycles. The molecule has 18 heavy (non-hydrogen) atoms. The Bertz CT molecular complexity index is 520. The summed E-state index contributed by atoms with van der Waals surface area (Å²) in [5.41, 5.74) is 4.66. The fourth-order valence-corrected chi connectivity index (χ4v) is 1.54. The number of rotatable bonds is 4. The van der Waals surface area contributed by atoms with Crippen LogP contribution < -0.4 is 5.43 Å². The second-order valence-electron chi connectivity index (χ2n) is 3.75. The average molecular weight is 243 g/mol. The first kappa shape index (κ1) is 12.2. The lowest BCUT2D eigenvalue weighted by Crippen LogP contribution is -2.03. The number of halogens is 1. The first-order valence-corrected chi connectivity index (χ1v) is 5.79. The van der Waals surface area contributed by atoms with E-state index in [1.165, 1.54) is 12.1 Å². The fraction of sp³-hybridized carbons (Fsp3) is 0.143. The number of anilines is 1. The van der Waals surface area contributed by atoms with Crippen LogP contribution in [-0.4, -0.2) is 10.7 Å². The maximum atomic E-state index is 12.8. The Balaban J connectivity index is 2.16. The molecule has 2 aromatic rings. The van der Waals surface area contributed by atoms with Crippen LogP contribution in [0.1, 0.15) is 18.9 Å². The van der Waals surface area contributed by atoms with E-state index in [4.69, 9.17) is 0 Å². The summed E-state index contributed by atoms with van der Waals surface area (Å²) in [7, 11) is 0. The first-order valence-electron chi connectivity index (χ1n) is 5.79. The third kappa shape index (κ3) is 3.13. The minimum Gasteiger partial charge on any atom is -0.261 e. The van der Waals surface area contributed by atoms with Gasteiger partial charge in [-0.3, -0.25) is 5.43 Å². The first-order chi connectivity index (χ1) is 8.79. The molecule has 1 N–H and O–H groups in total. The molecule has 0 saturated carbocycles. The van der Waals surface area contributed by atoms with Crippen LogP contribution in [0.4, 0.5) is 10.2 Å². The van der Waals surface area contributed by atoms with E-state index >= 15 is 0 Å². The predicted octanol–water partition coefficient (Wildman–Crippen LogP) is 3.45. The molecule has 3 nitrogen and oxygen atoms in total. The highest BCUT2D eigenvalue weighted by molar-refractivity contribution is 6.00. The van der Waals surface area contributed by atoms with E-state index in [0.29, 0.717) is 5.82 Å². The molecule has 0 bridgehead atoms. The molecule has 0 aliphatic rings. The Morgan fingerprint density at radius 2 is 2.00 bits per heavy atom. The summed E-state index contributed by atoms with van der Waals surface area (Å²) in [5, 5.41) is 4.29. The van der Waals surface area contributed by atoms with Crippen LogP contribution in [0.5, 0.6) is 0 Å². The van der Waals surface area contributed by atoms with Crippen LogP contribution in [0, 0.1) is 5.82 Å². The Labute approximate surface area is 105 Å². The zero-order chi connectivity index (χ0) is 12.8. The molecule has 0 radical (unpaired) electrons. The summed E-state index contributed by atoms with van der Waals surface area (Å²) < 4.78 is 12.8. The number of pyridine rings is 1. The molecule has 4 heteroatoms. The van der Waals surface area contributed by atoms with Gasteiger partial charge in [0.15, 0.2) is 0 Å². The van der Waals surface area contributed by atoms with Crippen molar-refractivity contribution in [3.05, 3.63) is 60.0 Å². The molecule has 1 aromatic carbocycles. The van der Waals surface area contributed by atoms with Gasteiger partial charge in [0.25, 0.3) is 0 Å². The lowest BCUT2D eigenvalue weighted by Gasteiger charge is -2.05. The molecule has 0 saturated heterocycles. The van der Waals surface area contributed by atoms with Gasteiger partial charge in [-0.05, 0) is 36.2 Å². The van der Waals surface area contributed by atoms with E-state index < -0.39 is 0 Å². The van der Waals surface area contributed by atoms with Crippen molar-refractivity contribution in [2.45, 2.75) is 13.3 Å². The Hall–Kier alpha value is -2.23. The van der Waals surface area contributed by atoms with Crippen LogP contribution in [0.3, 0.4) is 0 Å². The van der Waals surface area contributed by atoms with E-state index in [0.717, 1.165) is 17.7 Å². The van der Waals surface area contributed by atoms with Gasteiger partial charge in [-0.15, -0.1) is 0 Å². The standard InChI is InChI=1S/C14H14FN3/c1-2-13(11-6-8-12(15)9-7-11)17-18-14-5-3-4-10-16-14/h3-10H,2H2,1H3,(H,16,18)/b17-13-. The van der Waals surface area contributed by atoms with Gasteiger partial charge < -0.3 is 0 Å². The molecule has 0 spiro atoms. The second-order valence-corrected chi connectivity index (χ2v) is 3.75. The number of nitrogens with one attached hydrogen (secondary N) is 1. The van der Waals surface area contributed by atoms with Gasteiger partial charge in [0.1, 0.15) is 11.6 Å². The van der Waals surface area contributed by atoms with Gasteiger partial charge in [0.2, 0.25) is 0 Å². The van der Waals surface area contributed by atoms with Gasteiger partial charge in [-0.1, -0.05) is 25.1 Å². The van der Waals surface area contributed by atoms with Crippen molar-refractivity contribution in [2.24, 2.45) is 5.10 Å². The Morgan fingerprint density at radius 1 is 1.22 bits per heavy atom.